The molecule has 0 spiro atoms. The van der Waals surface area contributed by atoms with E-state index in [2.05, 4.69) is 15.6 Å². The van der Waals surface area contributed by atoms with Gasteiger partial charge in [0.15, 0.2) is 0 Å². The van der Waals surface area contributed by atoms with Crippen molar-refractivity contribution in [1.29, 1.82) is 5.26 Å². The molecule has 0 unspecified atom stereocenters. The largest absolute Gasteiger partial charge is 0.379 e. The van der Waals surface area contributed by atoms with E-state index < -0.39 is 0 Å². The Kier molecular flexibility index (Phi) is 3.26. The molecule has 0 saturated carbocycles. The van der Waals surface area contributed by atoms with Gasteiger partial charge in [0.25, 0.3) is 0 Å². The first-order valence-corrected chi connectivity index (χ1v) is 5.35. The lowest BCUT2D eigenvalue weighted by Gasteiger charge is -2.04. The van der Waals surface area contributed by atoms with Crippen LogP contribution in [-0.4, -0.2) is 15.0 Å². The Hall–Kier alpha value is -2.06. The summed E-state index contributed by atoms with van der Waals surface area (Å²) in [7, 11) is 1.81. The summed E-state index contributed by atoms with van der Waals surface area (Å²) >= 11 is 5.92. The molecule has 0 fully saturated rings. The van der Waals surface area contributed by atoms with E-state index in [0.29, 0.717) is 17.1 Å². The number of rotatable bonds is 3. The van der Waals surface area contributed by atoms with Gasteiger partial charge >= 0.3 is 0 Å². The molecule has 6 heteroatoms. The second-order valence-electron chi connectivity index (χ2n) is 3.54. The monoisotopic (exact) mass is 247 g/mol. The van der Waals surface area contributed by atoms with Crippen molar-refractivity contribution < 1.29 is 0 Å². The van der Waals surface area contributed by atoms with Crippen LogP contribution in [0.15, 0.2) is 24.4 Å². The van der Waals surface area contributed by atoms with E-state index in [4.69, 9.17) is 16.9 Å². The van der Waals surface area contributed by atoms with Crippen LogP contribution in [0.4, 0.5) is 5.69 Å². The minimum absolute atomic E-state index is 0.441. The zero-order valence-corrected chi connectivity index (χ0v) is 9.94. The van der Waals surface area contributed by atoms with Crippen molar-refractivity contribution in [2.45, 2.75) is 6.54 Å². The highest BCUT2D eigenvalue weighted by molar-refractivity contribution is 6.32. The molecule has 1 heterocycles. The van der Waals surface area contributed by atoms with Gasteiger partial charge in [0.2, 0.25) is 0 Å². The minimum Gasteiger partial charge on any atom is -0.379 e. The van der Waals surface area contributed by atoms with Crippen LogP contribution >= 0.6 is 11.6 Å². The summed E-state index contributed by atoms with van der Waals surface area (Å²) in [6, 6.07) is 7.22. The highest BCUT2D eigenvalue weighted by atomic mass is 35.5. The molecule has 0 saturated heterocycles. The third-order valence-corrected chi connectivity index (χ3v) is 2.53. The number of nitrogens with one attached hydrogen (secondary N) is 1. The van der Waals surface area contributed by atoms with Crippen molar-refractivity contribution in [3.05, 3.63) is 40.7 Å². The van der Waals surface area contributed by atoms with E-state index in [1.54, 1.807) is 22.9 Å². The molecule has 0 amide bonds. The molecule has 0 bridgehead atoms. The first kappa shape index (κ1) is 11.4. The van der Waals surface area contributed by atoms with Crippen LogP contribution in [0.1, 0.15) is 11.3 Å². The second kappa shape index (κ2) is 4.85. The molecule has 0 atom stereocenters. The summed E-state index contributed by atoms with van der Waals surface area (Å²) in [5.41, 5.74) is 2.16. The van der Waals surface area contributed by atoms with Gasteiger partial charge in [-0.1, -0.05) is 16.8 Å². The van der Waals surface area contributed by atoms with Gasteiger partial charge in [-0.15, -0.1) is 5.10 Å². The molecular weight excluding hydrogens is 238 g/mol. The van der Waals surface area contributed by atoms with Crippen LogP contribution in [0.3, 0.4) is 0 Å². The quantitative estimate of drug-likeness (QED) is 0.900. The highest BCUT2D eigenvalue weighted by Crippen LogP contribution is 2.20. The number of nitriles is 1. The number of halogens is 1. The summed E-state index contributed by atoms with van der Waals surface area (Å²) in [6.45, 7) is 0.566. The number of aryl methyl sites for hydroxylation is 1. The second-order valence-corrected chi connectivity index (χ2v) is 3.95. The average molecular weight is 248 g/mol. The number of hydrogen-bond acceptors (Lipinski definition) is 4. The normalized spacial score (nSPS) is 9.94. The van der Waals surface area contributed by atoms with Crippen LogP contribution in [0.5, 0.6) is 0 Å². The van der Waals surface area contributed by atoms with Gasteiger partial charge in [-0.3, -0.25) is 4.68 Å². The number of nitrogens with zero attached hydrogens (tertiary/aromatic N) is 4. The zero-order valence-electron chi connectivity index (χ0n) is 9.18. The van der Waals surface area contributed by atoms with Crippen molar-refractivity contribution in [2.75, 3.05) is 5.32 Å². The molecule has 1 N–H and O–H groups in total. The van der Waals surface area contributed by atoms with E-state index in [1.165, 1.54) is 0 Å². The maximum absolute atomic E-state index is 8.74. The van der Waals surface area contributed by atoms with Crippen LogP contribution in [0.2, 0.25) is 5.02 Å². The summed E-state index contributed by atoms with van der Waals surface area (Å²) in [6.07, 6.45) is 1.83. The van der Waals surface area contributed by atoms with E-state index in [0.717, 1.165) is 11.4 Å². The number of aromatic nitrogens is 3. The summed E-state index contributed by atoms with van der Waals surface area (Å²) in [5.74, 6) is 0. The maximum atomic E-state index is 8.74. The lowest BCUT2D eigenvalue weighted by Crippen LogP contribution is -1.99. The summed E-state index contributed by atoms with van der Waals surface area (Å²) < 4.78 is 1.64. The van der Waals surface area contributed by atoms with Gasteiger partial charge in [-0.05, 0) is 18.2 Å². The molecule has 0 aliphatic carbocycles. The minimum atomic E-state index is 0.441. The van der Waals surface area contributed by atoms with E-state index >= 15 is 0 Å². The molecule has 1 aromatic heterocycles. The topological polar surface area (TPSA) is 66.5 Å². The van der Waals surface area contributed by atoms with Crippen LogP contribution in [0, 0.1) is 11.3 Å². The van der Waals surface area contributed by atoms with Crippen molar-refractivity contribution >= 4 is 17.3 Å². The lowest BCUT2D eigenvalue weighted by molar-refractivity contribution is 0.713. The standard InChI is InChI=1S/C11H10ClN5/c1-17-7-10(15-16-17)6-14-9-3-2-8(5-13)11(12)4-9/h2-4,7,14H,6H2,1H3. The Morgan fingerprint density at radius 3 is 2.94 bits per heavy atom. The molecule has 17 heavy (non-hydrogen) atoms. The van der Waals surface area contributed by atoms with Crippen molar-refractivity contribution in [3.63, 3.8) is 0 Å². The fraction of sp³-hybridized carbons (Fsp3) is 0.182. The molecule has 0 aliphatic rings. The lowest BCUT2D eigenvalue weighted by atomic mass is 10.2. The van der Waals surface area contributed by atoms with Gasteiger partial charge in [-0.25, -0.2) is 0 Å². The molecule has 1 aromatic carbocycles. The maximum Gasteiger partial charge on any atom is 0.102 e. The Bertz CT molecular complexity index is 569. The predicted octanol–water partition coefficient (Wildman–Crippen LogP) is 1.95. The van der Waals surface area contributed by atoms with Crippen molar-refractivity contribution in [1.82, 2.24) is 15.0 Å². The molecular formula is C11H10ClN5. The van der Waals surface area contributed by atoms with Gasteiger partial charge in [0, 0.05) is 18.9 Å². The first-order chi connectivity index (χ1) is 8.19. The van der Waals surface area contributed by atoms with Gasteiger partial charge in [0.05, 0.1) is 17.1 Å². The highest BCUT2D eigenvalue weighted by Gasteiger charge is 2.02. The number of benzene rings is 1. The van der Waals surface area contributed by atoms with Crippen molar-refractivity contribution in [3.8, 4) is 6.07 Å². The number of anilines is 1. The van der Waals surface area contributed by atoms with Gasteiger partial charge in [-0.2, -0.15) is 5.26 Å². The zero-order chi connectivity index (χ0) is 12.3. The van der Waals surface area contributed by atoms with Crippen LogP contribution in [0.25, 0.3) is 0 Å². The smallest absolute Gasteiger partial charge is 0.102 e. The Morgan fingerprint density at radius 2 is 2.35 bits per heavy atom. The van der Waals surface area contributed by atoms with E-state index in [-0.39, 0.29) is 0 Å². The third kappa shape index (κ3) is 2.74. The fourth-order valence-electron chi connectivity index (χ4n) is 1.38. The molecule has 86 valence electrons. The SMILES string of the molecule is Cn1cc(CNc2ccc(C#N)c(Cl)c2)nn1. The Morgan fingerprint density at radius 1 is 1.53 bits per heavy atom. The molecule has 0 aliphatic heterocycles. The molecule has 2 rings (SSSR count). The van der Waals surface area contributed by atoms with Crippen molar-refractivity contribution in [2.24, 2.45) is 7.05 Å². The number of hydrogen-bond donors (Lipinski definition) is 1. The average Bonchev–Trinajstić information content (AvgIpc) is 2.73. The van der Waals surface area contributed by atoms with Gasteiger partial charge < -0.3 is 5.32 Å². The first-order valence-electron chi connectivity index (χ1n) is 4.98. The Balaban J connectivity index is 2.05. The molecule has 2 aromatic rings. The Labute approximate surface area is 104 Å². The van der Waals surface area contributed by atoms with E-state index in [9.17, 15) is 0 Å². The van der Waals surface area contributed by atoms with E-state index in [1.807, 2.05) is 19.3 Å². The molecule has 0 radical (unpaired) electrons. The summed E-state index contributed by atoms with van der Waals surface area (Å²) in [4.78, 5) is 0. The van der Waals surface area contributed by atoms with Crippen LogP contribution < -0.4 is 5.32 Å². The predicted molar refractivity (Wildman–Crippen MR) is 64.5 cm³/mol. The summed E-state index contributed by atoms with van der Waals surface area (Å²) in [5, 5.41) is 20.1. The molecule has 5 nitrogen and oxygen atoms in total. The fourth-order valence-corrected chi connectivity index (χ4v) is 1.61. The third-order valence-electron chi connectivity index (χ3n) is 2.21. The van der Waals surface area contributed by atoms with Gasteiger partial charge in [0.1, 0.15) is 11.8 Å². The van der Waals surface area contributed by atoms with Crippen LogP contribution in [-0.2, 0) is 13.6 Å².